The first-order valence-corrected chi connectivity index (χ1v) is 11.5. The molecule has 0 aliphatic heterocycles. The van der Waals surface area contributed by atoms with Crippen molar-refractivity contribution in [1.82, 2.24) is 4.98 Å². The maximum absolute atomic E-state index is 13.5. The number of nitrogens with zero attached hydrogens (tertiary/aromatic N) is 1. The van der Waals surface area contributed by atoms with E-state index in [9.17, 15) is 26.4 Å². The molecule has 4 rings (SSSR count). The molecule has 0 fully saturated rings. The number of aromatic nitrogens is 1. The number of oxazole rings is 1. The van der Waals surface area contributed by atoms with E-state index in [2.05, 4.69) is 4.98 Å². The van der Waals surface area contributed by atoms with E-state index >= 15 is 0 Å². The van der Waals surface area contributed by atoms with Crippen LogP contribution in [0.5, 0.6) is 0 Å². The van der Waals surface area contributed by atoms with Gasteiger partial charge in [-0.15, -0.1) is 11.3 Å². The number of nitrogens with one attached hydrogen (secondary N) is 1. The van der Waals surface area contributed by atoms with Crippen LogP contribution in [0.15, 0.2) is 56.6 Å². The van der Waals surface area contributed by atoms with E-state index in [0.29, 0.717) is 16.1 Å². The summed E-state index contributed by atoms with van der Waals surface area (Å²) >= 11 is 1.21. The molecule has 0 aliphatic rings. The van der Waals surface area contributed by atoms with Crippen molar-refractivity contribution in [2.24, 2.45) is 0 Å². The minimum atomic E-state index is -4.39. The number of benzene rings is 2. The van der Waals surface area contributed by atoms with Crippen LogP contribution in [-0.2, 0) is 10.0 Å². The molecule has 0 atom stereocenters. The molecule has 6 nitrogen and oxygen atoms in total. The molecule has 4 aromatic rings. The summed E-state index contributed by atoms with van der Waals surface area (Å²) in [5.74, 6) is -0.730. The van der Waals surface area contributed by atoms with Crippen LogP contribution in [0.3, 0.4) is 0 Å². The van der Waals surface area contributed by atoms with Crippen molar-refractivity contribution in [3.63, 3.8) is 0 Å². The normalized spacial score (nSPS) is 12.6. The molecule has 0 aliphatic carbocycles. The number of H-pyrrole nitrogens is 1. The van der Waals surface area contributed by atoms with Gasteiger partial charge in [0.25, 0.3) is 10.0 Å². The molecule has 1 N–H and O–H groups in total. The molecule has 0 saturated carbocycles. The zero-order chi connectivity index (χ0) is 22.4. The van der Waals surface area contributed by atoms with Crippen molar-refractivity contribution in [2.75, 3.05) is 10.8 Å². The second-order valence-corrected chi connectivity index (χ2v) is 9.89. The van der Waals surface area contributed by atoms with Gasteiger partial charge in [0.15, 0.2) is 5.58 Å². The minimum absolute atomic E-state index is 0.0504. The Morgan fingerprint density at radius 3 is 2.61 bits per heavy atom. The van der Waals surface area contributed by atoms with Gasteiger partial charge in [-0.3, -0.25) is 9.29 Å². The Morgan fingerprint density at radius 1 is 1.16 bits per heavy atom. The van der Waals surface area contributed by atoms with E-state index in [4.69, 9.17) is 4.42 Å². The summed E-state index contributed by atoms with van der Waals surface area (Å²) in [6, 6.07) is 11.2. The highest BCUT2D eigenvalue weighted by Gasteiger charge is 2.31. The fraction of sp³-hybridized carbons (Fsp3) is 0.250. The van der Waals surface area contributed by atoms with E-state index in [1.807, 2.05) is 24.3 Å². The lowest BCUT2D eigenvalue weighted by Gasteiger charge is -2.24. The summed E-state index contributed by atoms with van der Waals surface area (Å²) in [6.45, 7) is 1.40. The quantitative estimate of drug-likeness (QED) is 0.421. The number of fused-ring (bicyclic) bond motifs is 2. The molecule has 2 aromatic heterocycles. The highest BCUT2D eigenvalue weighted by molar-refractivity contribution is 7.93. The molecule has 0 saturated heterocycles. The molecule has 0 radical (unpaired) electrons. The van der Waals surface area contributed by atoms with Gasteiger partial charge in [-0.1, -0.05) is 18.2 Å². The number of halogens is 3. The van der Waals surface area contributed by atoms with E-state index in [1.54, 1.807) is 6.92 Å². The van der Waals surface area contributed by atoms with Gasteiger partial charge >= 0.3 is 11.9 Å². The minimum Gasteiger partial charge on any atom is -0.408 e. The number of hydrogen-bond donors (Lipinski definition) is 1. The predicted octanol–water partition coefficient (Wildman–Crippen LogP) is 5.18. The van der Waals surface area contributed by atoms with Crippen LogP contribution in [0.25, 0.3) is 21.2 Å². The third-order valence-electron chi connectivity index (χ3n) is 4.85. The lowest BCUT2D eigenvalue weighted by Crippen LogP contribution is -2.32. The number of anilines is 1. The second-order valence-electron chi connectivity index (χ2n) is 7.00. The summed E-state index contributed by atoms with van der Waals surface area (Å²) in [5, 5.41) is 1.20. The maximum Gasteiger partial charge on any atom is 0.417 e. The number of aryl methyl sites for hydroxylation is 1. The molecule has 0 spiro atoms. The van der Waals surface area contributed by atoms with Crippen molar-refractivity contribution in [1.29, 1.82) is 0 Å². The second kappa shape index (κ2) is 7.72. The molecule has 11 heteroatoms. The SMILES string of the molecule is Cc1c(N(CCCC(F)(F)F)S(=O)(=O)c2ccc3[nH]c(=O)oc3c2)sc2ccccc12. The van der Waals surface area contributed by atoms with Crippen LogP contribution in [-0.4, -0.2) is 26.1 Å². The Kier molecular flexibility index (Phi) is 5.34. The van der Waals surface area contributed by atoms with E-state index in [-0.39, 0.29) is 17.0 Å². The van der Waals surface area contributed by atoms with Crippen molar-refractivity contribution in [2.45, 2.75) is 30.8 Å². The maximum atomic E-state index is 13.5. The number of rotatable bonds is 6. The Balaban J connectivity index is 1.81. The van der Waals surface area contributed by atoms with Crippen LogP contribution in [0.1, 0.15) is 18.4 Å². The van der Waals surface area contributed by atoms with Gasteiger partial charge < -0.3 is 4.42 Å². The van der Waals surface area contributed by atoms with Crippen molar-refractivity contribution in [3.05, 3.63) is 58.6 Å². The summed E-state index contributed by atoms with van der Waals surface area (Å²) in [4.78, 5) is 13.6. The Morgan fingerprint density at radius 2 is 1.90 bits per heavy atom. The fourth-order valence-corrected chi connectivity index (χ4v) is 6.39. The summed E-state index contributed by atoms with van der Waals surface area (Å²) in [7, 11) is -4.22. The molecule has 164 valence electrons. The van der Waals surface area contributed by atoms with Crippen LogP contribution >= 0.6 is 11.3 Å². The highest BCUT2D eigenvalue weighted by atomic mass is 32.2. The number of hydrogen-bond acceptors (Lipinski definition) is 5. The van der Waals surface area contributed by atoms with Gasteiger partial charge in [-0.25, -0.2) is 13.2 Å². The largest absolute Gasteiger partial charge is 0.417 e. The summed E-state index contributed by atoms with van der Waals surface area (Å²) in [5.41, 5.74) is 1.05. The molecule has 31 heavy (non-hydrogen) atoms. The summed E-state index contributed by atoms with van der Waals surface area (Å²) in [6.07, 6.45) is -5.88. The first-order chi connectivity index (χ1) is 14.6. The molecule has 2 aromatic carbocycles. The van der Waals surface area contributed by atoms with Gasteiger partial charge in [-0.2, -0.15) is 13.2 Å². The lowest BCUT2D eigenvalue weighted by atomic mass is 10.2. The van der Waals surface area contributed by atoms with Gasteiger partial charge in [0, 0.05) is 23.7 Å². The molecule has 0 unspecified atom stereocenters. The van der Waals surface area contributed by atoms with Gasteiger partial charge in [0.2, 0.25) is 0 Å². The zero-order valence-electron chi connectivity index (χ0n) is 16.2. The molecule has 2 heterocycles. The lowest BCUT2D eigenvalue weighted by molar-refractivity contribution is -0.134. The predicted molar refractivity (Wildman–Crippen MR) is 113 cm³/mol. The molecule has 0 amide bonds. The molecular weight excluding hydrogens is 453 g/mol. The van der Waals surface area contributed by atoms with E-state index in [0.717, 1.165) is 14.4 Å². The number of aromatic amines is 1. The average Bonchev–Trinajstić information content (AvgIpc) is 3.23. The van der Waals surface area contributed by atoms with Gasteiger partial charge in [0.1, 0.15) is 5.00 Å². The Hall–Kier alpha value is -2.79. The summed E-state index contributed by atoms with van der Waals surface area (Å²) < 4.78 is 72.0. The van der Waals surface area contributed by atoms with E-state index < -0.39 is 34.8 Å². The topological polar surface area (TPSA) is 83.4 Å². The standard InChI is InChI=1S/C20H17F3N2O4S2/c1-12-14-5-2-3-6-17(14)30-18(12)25(10-4-9-20(21,22)23)31(27,28)13-7-8-15-16(11-13)29-19(26)24-15/h2-3,5-8,11H,4,9-10H2,1H3,(H,24,26). The van der Waals surface area contributed by atoms with Gasteiger partial charge in [0.05, 0.1) is 10.4 Å². The number of alkyl halides is 3. The van der Waals surface area contributed by atoms with E-state index in [1.165, 1.54) is 29.5 Å². The Bertz CT molecular complexity index is 1420. The van der Waals surface area contributed by atoms with Crippen molar-refractivity contribution in [3.8, 4) is 0 Å². The van der Waals surface area contributed by atoms with Crippen molar-refractivity contribution >= 4 is 47.5 Å². The zero-order valence-corrected chi connectivity index (χ0v) is 17.8. The third kappa shape index (κ3) is 4.19. The first-order valence-electron chi connectivity index (χ1n) is 9.27. The van der Waals surface area contributed by atoms with Crippen LogP contribution in [0, 0.1) is 6.92 Å². The highest BCUT2D eigenvalue weighted by Crippen LogP contribution is 2.40. The van der Waals surface area contributed by atoms with Crippen LogP contribution in [0.4, 0.5) is 18.2 Å². The van der Waals surface area contributed by atoms with Gasteiger partial charge in [-0.05, 0) is 42.5 Å². The van der Waals surface area contributed by atoms with Crippen LogP contribution < -0.4 is 10.1 Å². The number of sulfonamides is 1. The fourth-order valence-electron chi connectivity index (χ4n) is 3.37. The monoisotopic (exact) mass is 470 g/mol. The first kappa shape index (κ1) is 21.4. The smallest absolute Gasteiger partial charge is 0.408 e. The van der Waals surface area contributed by atoms with Crippen molar-refractivity contribution < 1.29 is 26.0 Å². The molecular formula is C20H17F3N2O4S2. The van der Waals surface area contributed by atoms with Crippen LogP contribution in [0.2, 0.25) is 0 Å². The third-order valence-corrected chi connectivity index (χ3v) is 8.05. The molecule has 0 bridgehead atoms. The average molecular weight is 470 g/mol. The number of thiophene rings is 1. The Labute approximate surface area is 179 Å².